The van der Waals surface area contributed by atoms with E-state index < -0.39 is 0 Å². The van der Waals surface area contributed by atoms with Gasteiger partial charge in [-0.1, -0.05) is 97.1 Å². The molecule has 2 heterocycles. The van der Waals surface area contributed by atoms with Crippen molar-refractivity contribution in [1.82, 2.24) is 0 Å². The molecule has 2 heteroatoms. The summed E-state index contributed by atoms with van der Waals surface area (Å²) in [6.45, 7) is 0. The van der Waals surface area contributed by atoms with Gasteiger partial charge >= 0.3 is 0 Å². The number of hydrogen-bond donors (Lipinski definition) is 0. The van der Waals surface area contributed by atoms with Gasteiger partial charge in [-0.05, 0) is 90.3 Å². The Morgan fingerprint density at radius 3 is 1.90 bits per heavy atom. The van der Waals surface area contributed by atoms with Crippen molar-refractivity contribution < 1.29 is 4.42 Å². The molecule has 0 aliphatic heterocycles. The molecule has 9 aromatic rings. The van der Waals surface area contributed by atoms with Crippen LogP contribution in [0.25, 0.3) is 86.6 Å². The minimum absolute atomic E-state index is 0.929. The molecule has 0 N–H and O–H groups in total. The second kappa shape index (κ2) is 8.29. The molecule has 0 spiro atoms. The largest absolute Gasteiger partial charge is 0.455 e. The lowest BCUT2D eigenvalue weighted by atomic mass is 9.84. The third-order valence-corrected chi connectivity index (χ3v) is 9.23. The summed E-state index contributed by atoms with van der Waals surface area (Å²) < 4.78 is 7.67. The molecule has 0 amide bonds. The van der Waals surface area contributed by atoms with Gasteiger partial charge in [0, 0.05) is 20.9 Å². The molecule has 0 saturated carbocycles. The van der Waals surface area contributed by atoms with Gasteiger partial charge in [-0.2, -0.15) is 0 Å². The quantitative estimate of drug-likeness (QED) is 0.204. The molecule has 0 fully saturated rings. The van der Waals surface area contributed by atoms with Gasteiger partial charge in [-0.15, -0.1) is 11.3 Å². The summed E-state index contributed by atoms with van der Waals surface area (Å²) in [7, 11) is 0. The summed E-state index contributed by atoms with van der Waals surface area (Å²) in [5, 5.41) is 13.3. The molecule has 7 aromatic carbocycles. The van der Waals surface area contributed by atoms with E-state index in [1.807, 2.05) is 0 Å². The fourth-order valence-corrected chi connectivity index (χ4v) is 7.39. The fraction of sp³-hybridized carbons (Fsp3) is 0. The molecule has 0 atom stereocenters. The zero-order valence-corrected chi connectivity index (χ0v) is 22.3. The third-order valence-electron chi connectivity index (χ3n) is 8.35. The van der Waals surface area contributed by atoms with Crippen molar-refractivity contribution in [3.63, 3.8) is 0 Å². The molecular formula is C38H22OS. The third kappa shape index (κ3) is 3.03. The molecule has 2 aromatic heterocycles. The van der Waals surface area contributed by atoms with Gasteiger partial charge in [0.2, 0.25) is 0 Å². The monoisotopic (exact) mass is 526 g/mol. The van der Waals surface area contributed by atoms with Gasteiger partial charge < -0.3 is 4.42 Å². The van der Waals surface area contributed by atoms with Crippen LogP contribution in [0.5, 0.6) is 0 Å². The first kappa shape index (κ1) is 22.0. The average molecular weight is 527 g/mol. The maximum atomic E-state index is 6.41. The highest BCUT2D eigenvalue weighted by Gasteiger charge is 2.19. The lowest BCUT2D eigenvalue weighted by molar-refractivity contribution is 0.673. The van der Waals surface area contributed by atoms with E-state index in [9.17, 15) is 0 Å². The fourth-order valence-electron chi connectivity index (χ4n) is 6.61. The molecule has 1 nitrogen and oxygen atoms in total. The van der Waals surface area contributed by atoms with Crippen molar-refractivity contribution >= 4 is 75.7 Å². The van der Waals surface area contributed by atoms with Crippen LogP contribution in [0.2, 0.25) is 0 Å². The lowest BCUT2D eigenvalue weighted by Gasteiger charge is -2.18. The first-order valence-corrected chi connectivity index (χ1v) is 14.5. The maximum Gasteiger partial charge on any atom is 0.144 e. The SMILES string of the molecule is c1ccc2c(-c3c4ccccc4c(-c4ccc5oc6c7ccsc7ccc6c5c4)c4ccccc34)cccc2c1. The Bertz CT molecular complexity index is 2380. The van der Waals surface area contributed by atoms with Gasteiger partial charge in [0.05, 0.1) is 0 Å². The van der Waals surface area contributed by atoms with Crippen LogP contribution in [0, 0.1) is 0 Å². The number of furan rings is 1. The standard InChI is InChI=1S/C38H22OS/c1-2-10-25-23(8-1)9-7-15-26(25)37-29-13-5-3-11-27(29)36(28-12-4-6-14-30(28)37)24-16-18-34-33(22-24)31-17-19-35-32(20-21-40-35)38(31)39-34/h1-22H. The number of rotatable bonds is 2. The van der Waals surface area contributed by atoms with Gasteiger partial charge in [0.25, 0.3) is 0 Å². The van der Waals surface area contributed by atoms with E-state index in [0.717, 1.165) is 16.6 Å². The Labute approximate surface area is 234 Å². The zero-order chi connectivity index (χ0) is 26.2. The summed E-state index contributed by atoms with van der Waals surface area (Å²) in [4.78, 5) is 0. The van der Waals surface area contributed by atoms with E-state index in [2.05, 4.69) is 133 Å². The van der Waals surface area contributed by atoms with Crippen molar-refractivity contribution in [2.24, 2.45) is 0 Å². The Kier molecular flexibility index (Phi) is 4.55. The Balaban J connectivity index is 1.40. The van der Waals surface area contributed by atoms with Crippen LogP contribution >= 0.6 is 11.3 Å². The second-order valence-corrected chi connectivity index (χ2v) is 11.4. The van der Waals surface area contributed by atoms with Crippen LogP contribution in [-0.4, -0.2) is 0 Å². The number of thiophene rings is 1. The lowest BCUT2D eigenvalue weighted by Crippen LogP contribution is -1.91. The molecule has 0 aliphatic carbocycles. The summed E-state index contributed by atoms with van der Waals surface area (Å²) >= 11 is 1.75. The van der Waals surface area contributed by atoms with E-state index in [0.29, 0.717) is 0 Å². The van der Waals surface area contributed by atoms with Crippen LogP contribution < -0.4 is 0 Å². The van der Waals surface area contributed by atoms with Crippen molar-refractivity contribution in [3.05, 3.63) is 133 Å². The minimum atomic E-state index is 0.929. The molecule has 0 radical (unpaired) electrons. The summed E-state index contributed by atoms with van der Waals surface area (Å²) in [6, 6.07) is 46.4. The number of hydrogen-bond acceptors (Lipinski definition) is 2. The molecule has 9 rings (SSSR count). The first-order valence-electron chi connectivity index (χ1n) is 13.6. The molecule has 0 saturated heterocycles. The number of fused-ring (bicyclic) bond motifs is 8. The molecule has 0 aliphatic rings. The van der Waals surface area contributed by atoms with Crippen molar-refractivity contribution in [3.8, 4) is 22.3 Å². The Morgan fingerprint density at radius 2 is 1.12 bits per heavy atom. The van der Waals surface area contributed by atoms with Crippen LogP contribution in [0.1, 0.15) is 0 Å². The summed E-state index contributed by atoms with van der Waals surface area (Å²) in [6.07, 6.45) is 0. The van der Waals surface area contributed by atoms with E-state index in [1.54, 1.807) is 11.3 Å². The second-order valence-electron chi connectivity index (χ2n) is 10.5. The highest BCUT2D eigenvalue weighted by Crippen LogP contribution is 2.46. The van der Waals surface area contributed by atoms with Crippen molar-refractivity contribution in [2.45, 2.75) is 0 Å². The van der Waals surface area contributed by atoms with Crippen LogP contribution in [-0.2, 0) is 0 Å². The van der Waals surface area contributed by atoms with Crippen molar-refractivity contribution in [1.29, 1.82) is 0 Å². The topological polar surface area (TPSA) is 13.1 Å². The molecule has 0 bridgehead atoms. The van der Waals surface area contributed by atoms with Gasteiger partial charge in [0.15, 0.2) is 0 Å². The van der Waals surface area contributed by atoms with E-state index >= 15 is 0 Å². The average Bonchev–Trinajstić information content (AvgIpc) is 3.64. The van der Waals surface area contributed by atoms with Crippen LogP contribution in [0.4, 0.5) is 0 Å². The van der Waals surface area contributed by atoms with Crippen molar-refractivity contribution in [2.75, 3.05) is 0 Å². The molecular weight excluding hydrogens is 504 g/mol. The van der Waals surface area contributed by atoms with Gasteiger partial charge in [-0.3, -0.25) is 0 Å². The van der Waals surface area contributed by atoms with E-state index in [-0.39, 0.29) is 0 Å². The Hall–Kier alpha value is -4.92. The zero-order valence-electron chi connectivity index (χ0n) is 21.5. The minimum Gasteiger partial charge on any atom is -0.455 e. The highest BCUT2D eigenvalue weighted by molar-refractivity contribution is 7.17. The first-order chi connectivity index (χ1) is 19.8. The Morgan fingerprint density at radius 1 is 0.450 bits per heavy atom. The van der Waals surface area contributed by atoms with E-state index in [4.69, 9.17) is 4.42 Å². The van der Waals surface area contributed by atoms with E-state index in [1.165, 1.54) is 70.0 Å². The molecule has 186 valence electrons. The molecule has 40 heavy (non-hydrogen) atoms. The molecule has 0 unspecified atom stereocenters. The number of benzene rings is 7. The normalized spacial score (nSPS) is 12.0. The highest BCUT2D eigenvalue weighted by atomic mass is 32.1. The summed E-state index contributed by atoms with van der Waals surface area (Å²) in [5.41, 5.74) is 6.94. The van der Waals surface area contributed by atoms with Crippen LogP contribution in [0.15, 0.2) is 137 Å². The summed E-state index contributed by atoms with van der Waals surface area (Å²) in [5.74, 6) is 0. The maximum absolute atomic E-state index is 6.41. The van der Waals surface area contributed by atoms with Gasteiger partial charge in [0.1, 0.15) is 11.2 Å². The smallest absolute Gasteiger partial charge is 0.144 e. The van der Waals surface area contributed by atoms with Gasteiger partial charge in [-0.25, -0.2) is 0 Å². The van der Waals surface area contributed by atoms with Crippen LogP contribution in [0.3, 0.4) is 0 Å². The predicted molar refractivity (Wildman–Crippen MR) is 172 cm³/mol. The predicted octanol–water partition coefficient (Wildman–Crippen LogP) is 11.6.